The highest BCUT2D eigenvalue weighted by molar-refractivity contribution is 6.01. The number of aliphatic hydroxyl groups is 3. The van der Waals surface area contributed by atoms with Gasteiger partial charge in [0.15, 0.2) is 0 Å². The standard InChI is InChI=1S/C72H88N14O18/c1-6-45-17-11-13-19-50(45)47-26-22-43(23-27-47)29-53(66(99)79-52(62(74)95)28-42-20-24-46(25-21-42)49-18-12-10-14-39(49)2)81-67(100)55(32-60(93)94)82-68(101)56(36-87)83-69(102)57(37-88)84-71(104)72(5,33-44-15-8-7-9-16-44)86-70(103)61(41(4)89)85-58(90)35-76-65(98)54(31-59(91)92)80-63(96)40(3)78-64(97)51(73)30-48-34-75-38-77-48/h7-27,34,38,40-41,51-57,61,87-89H,6,28-33,35-37,73H2,1-5H3,(H2,74,95)(H,75,77)(H,76,98)(H,78,97)(H,79,99)(H,80,96)(H,81,100)(H,82,101)(H,83,102)(H,84,104)(H,85,90)(H,86,103)(H,91,92)(H,93,94)/t40-,41+,51-,52-,53-,54-,55-,56-,57-,61-,72-/m0/s1. The number of aryl methyl sites for hydroxylation is 2. The molecule has 0 aliphatic rings. The van der Waals surface area contributed by atoms with E-state index in [0.717, 1.165) is 46.7 Å². The Morgan fingerprint density at radius 2 is 1.02 bits per heavy atom. The number of rotatable bonds is 39. The minimum absolute atomic E-state index is 0.0211. The lowest BCUT2D eigenvalue weighted by molar-refractivity contribution is -0.142. The molecule has 0 aliphatic carbocycles. The number of carboxylic acids is 2. The summed E-state index contributed by atoms with van der Waals surface area (Å²) in [5.41, 5.74) is 17.4. The highest BCUT2D eigenvalue weighted by Crippen LogP contribution is 2.26. The number of aliphatic hydroxyl groups excluding tert-OH is 3. The Morgan fingerprint density at radius 1 is 0.529 bits per heavy atom. The third kappa shape index (κ3) is 24.2. The predicted octanol–water partition coefficient (Wildman–Crippen LogP) is -2.10. The Morgan fingerprint density at radius 3 is 1.57 bits per heavy atom. The van der Waals surface area contributed by atoms with Gasteiger partial charge in [-0.25, -0.2) is 4.98 Å². The van der Waals surface area contributed by atoms with E-state index in [1.54, 1.807) is 54.6 Å². The van der Waals surface area contributed by atoms with Crippen LogP contribution in [0.1, 0.15) is 74.0 Å². The maximum atomic E-state index is 14.5. The van der Waals surface area contributed by atoms with Crippen LogP contribution in [0.4, 0.5) is 0 Å². The van der Waals surface area contributed by atoms with Crippen molar-refractivity contribution < 1.29 is 87.9 Å². The first kappa shape index (κ1) is 81.2. The van der Waals surface area contributed by atoms with Crippen molar-refractivity contribution in [1.82, 2.24) is 63.1 Å². The van der Waals surface area contributed by atoms with Crippen molar-refractivity contribution in [3.63, 3.8) is 0 Å². The van der Waals surface area contributed by atoms with Gasteiger partial charge in [0.2, 0.25) is 65.0 Å². The van der Waals surface area contributed by atoms with Crippen LogP contribution < -0.4 is 64.6 Å². The van der Waals surface area contributed by atoms with Crippen LogP contribution in [0, 0.1) is 6.92 Å². The molecular formula is C72H88N14O18. The van der Waals surface area contributed by atoms with E-state index in [1.165, 1.54) is 26.4 Å². The maximum absolute atomic E-state index is 14.5. The van der Waals surface area contributed by atoms with E-state index in [1.807, 2.05) is 86.6 Å². The number of nitrogens with two attached hydrogens (primary N) is 2. The van der Waals surface area contributed by atoms with Gasteiger partial charge in [0.1, 0.15) is 53.9 Å². The Bertz CT molecular complexity index is 4010. The largest absolute Gasteiger partial charge is 0.481 e. The summed E-state index contributed by atoms with van der Waals surface area (Å²) in [5.74, 6) is -15.6. The molecule has 11 atom stereocenters. The van der Waals surface area contributed by atoms with Crippen molar-refractivity contribution in [2.45, 2.75) is 146 Å². The highest BCUT2D eigenvalue weighted by Gasteiger charge is 2.41. The lowest BCUT2D eigenvalue weighted by Crippen LogP contribution is -2.66. The molecule has 0 fully saturated rings. The van der Waals surface area contributed by atoms with Gasteiger partial charge in [-0.1, -0.05) is 134 Å². The van der Waals surface area contributed by atoms with Crippen molar-refractivity contribution in [1.29, 1.82) is 0 Å². The Balaban J connectivity index is 1.13. The first-order valence-corrected chi connectivity index (χ1v) is 33.2. The molecule has 1 aromatic heterocycles. The molecule has 11 amide bonds. The molecule has 0 radical (unpaired) electrons. The number of H-pyrrole nitrogens is 1. The summed E-state index contributed by atoms with van der Waals surface area (Å²) in [6.07, 6.45) is -1.03. The Labute approximate surface area is 598 Å². The van der Waals surface area contributed by atoms with Crippen LogP contribution in [0.25, 0.3) is 22.3 Å². The summed E-state index contributed by atoms with van der Waals surface area (Å²) in [7, 11) is 0. The molecule has 0 saturated heterocycles. The van der Waals surface area contributed by atoms with Crippen LogP contribution in [0.5, 0.6) is 0 Å². The van der Waals surface area contributed by atoms with E-state index in [0.29, 0.717) is 22.4 Å². The molecule has 5 aromatic carbocycles. The second-order valence-electron chi connectivity index (χ2n) is 25.0. The second-order valence-corrected chi connectivity index (χ2v) is 25.0. The number of benzene rings is 5. The van der Waals surface area contributed by atoms with Crippen molar-refractivity contribution in [3.05, 3.63) is 173 Å². The molecule has 0 spiro atoms. The molecule has 20 N–H and O–H groups in total. The van der Waals surface area contributed by atoms with Crippen molar-refractivity contribution in [2.24, 2.45) is 11.5 Å². The van der Waals surface area contributed by atoms with E-state index in [4.69, 9.17) is 11.5 Å². The fraction of sp³-hybridized carbons (Fsp3) is 0.361. The quantitative estimate of drug-likeness (QED) is 0.0197. The predicted molar refractivity (Wildman–Crippen MR) is 376 cm³/mol. The number of primary amides is 1. The summed E-state index contributed by atoms with van der Waals surface area (Å²) in [6.45, 7) is 4.04. The second kappa shape index (κ2) is 38.9. The minimum Gasteiger partial charge on any atom is -0.481 e. The van der Waals surface area contributed by atoms with E-state index in [-0.39, 0.29) is 25.7 Å². The summed E-state index contributed by atoms with van der Waals surface area (Å²) in [6, 6.07) is 22.4. The van der Waals surface area contributed by atoms with E-state index >= 15 is 0 Å². The number of carboxylic acid groups (broad SMARTS) is 2. The van der Waals surface area contributed by atoms with Gasteiger partial charge in [0.05, 0.1) is 51.1 Å². The number of aromatic amines is 1. The van der Waals surface area contributed by atoms with Crippen LogP contribution in [-0.4, -0.2) is 198 Å². The number of amides is 11. The zero-order valence-corrected chi connectivity index (χ0v) is 57.8. The molecule has 0 saturated carbocycles. The number of carbonyl (C=O) groups excluding carboxylic acids is 11. The number of hydrogen-bond donors (Lipinski definition) is 18. The molecular weight excluding hydrogens is 1350 g/mol. The van der Waals surface area contributed by atoms with Crippen LogP contribution in [0.2, 0.25) is 0 Å². The van der Waals surface area contributed by atoms with Gasteiger partial charge in [-0.3, -0.25) is 62.3 Å². The number of aromatic nitrogens is 2. The average molecular weight is 1440 g/mol. The molecule has 0 bridgehead atoms. The lowest BCUT2D eigenvalue weighted by atomic mass is 9.90. The molecule has 554 valence electrons. The molecule has 1 heterocycles. The van der Waals surface area contributed by atoms with Crippen molar-refractivity contribution >= 4 is 76.9 Å². The van der Waals surface area contributed by atoms with E-state index in [2.05, 4.69) is 63.1 Å². The molecule has 104 heavy (non-hydrogen) atoms. The minimum atomic E-state index is -2.17. The molecule has 32 heteroatoms. The fourth-order valence-electron chi connectivity index (χ4n) is 11.0. The van der Waals surface area contributed by atoms with Gasteiger partial charge in [0.25, 0.3) is 0 Å². The SMILES string of the molecule is CCc1ccccc1-c1ccc(C[C@H](NC(=O)[C@H](CC(=O)O)NC(=O)[C@H](CO)NC(=O)[C@H](CO)NC(=O)[C@](C)(Cc2ccccc2)NC(=O)[C@@H](NC(=O)CNC(=O)[C@H](CC(=O)O)NC(=O)[C@H](C)NC(=O)[C@@H](N)Cc2cnc[nH]2)[C@@H](C)O)C(=O)N[C@@H](Cc2ccc(-c3ccccc3C)cc2)C(N)=O)cc1. The first-order chi connectivity index (χ1) is 49.4. The number of nitrogens with one attached hydrogen (secondary N) is 11. The molecule has 0 aliphatic heterocycles. The van der Waals surface area contributed by atoms with Crippen molar-refractivity contribution in [2.75, 3.05) is 19.8 Å². The first-order valence-electron chi connectivity index (χ1n) is 33.2. The topological polar surface area (TPSA) is 524 Å². The number of imidazole rings is 1. The average Bonchev–Trinajstić information content (AvgIpc) is 0.828. The maximum Gasteiger partial charge on any atom is 0.305 e. The van der Waals surface area contributed by atoms with Gasteiger partial charge < -0.3 is 95.2 Å². The monoisotopic (exact) mass is 1440 g/mol. The lowest BCUT2D eigenvalue weighted by Gasteiger charge is -2.33. The molecule has 0 unspecified atom stereocenters. The zero-order chi connectivity index (χ0) is 76.4. The van der Waals surface area contributed by atoms with Gasteiger partial charge in [0, 0.05) is 37.6 Å². The summed E-state index contributed by atoms with van der Waals surface area (Å²) < 4.78 is 0. The number of aliphatic carboxylic acids is 2. The number of hydrogen-bond acceptors (Lipinski definition) is 18. The highest BCUT2D eigenvalue weighted by atomic mass is 16.4. The van der Waals surface area contributed by atoms with Crippen LogP contribution in [0.15, 0.2) is 140 Å². The molecule has 6 rings (SSSR count). The summed E-state index contributed by atoms with van der Waals surface area (Å²) in [4.78, 5) is 182. The molecule has 6 aromatic rings. The fourth-order valence-corrected chi connectivity index (χ4v) is 11.0. The van der Waals surface area contributed by atoms with Gasteiger partial charge in [-0.05, 0) is 84.2 Å². The third-order valence-electron chi connectivity index (χ3n) is 16.8. The smallest absolute Gasteiger partial charge is 0.305 e. The van der Waals surface area contributed by atoms with Crippen LogP contribution in [0.3, 0.4) is 0 Å². The van der Waals surface area contributed by atoms with Gasteiger partial charge in [-0.15, -0.1) is 0 Å². The normalized spacial score (nSPS) is 14.5. The Kier molecular flexibility index (Phi) is 30.4. The van der Waals surface area contributed by atoms with Gasteiger partial charge in [-0.2, -0.15) is 0 Å². The van der Waals surface area contributed by atoms with E-state index < -0.39 is 176 Å². The van der Waals surface area contributed by atoms with Crippen LogP contribution >= 0.6 is 0 Å². The summed E-state index contributed by atoms with van der Waals surface area (Å²) in [5, 5.41) is 74.5. The third-order valence-corrected chi connectivity index (χ3v) is 16.8. The molecule has 32 nitrogen and oxygen atoms in total. The number of nitrogens with zero attached hydrogens (tertiary/aromatic N) is 1. The number of carbonyl (C=O) groups is 13. The Hall–Kier alpha value is -11.7. The zero-order valence-electron chi connectivity index (χ0n) is 57.8. The van der Waals surface area contributed by atoms with E-state index in [9.17, 15) is 87.9 Å². The van der Waals surface area contributed by atoms with Crippen LogP contribution in [-0.2, 0) is 94.4 Å². The van der Waals surface area contributed by atoms with Gasteiger partial charge >= 0.3 is 11.9 Å². The summed E-state index contributed by atoms with van der Waals surface area (Å²) >= 11 is 0. The van der Waals surface area contributed by atoms with Crippen molar-refractivity contribution in [3.8, 4) is 22.3 Å².